The summed E-state index contributed by atoms with van der Waals surface area (Å²) in [6, 6.07) is 0.911. The maximum atomic E-state index is 12.8. The SMILES string of the molecule is Cc1nn(-c2c(Cl)cc(C(F)(F)F)cc2Cl)c(N)c1S(=O)(=O)C(F)(F)F. The van der Waals surface area contributed by atoms with Crippen LogP contribution in [-0.2, 0) is 16.0 Å². The number of alkyl halides is 6. The standard InChI is InChI=1S/C12H7Cl2F6N3O2S/c1-4-9(26(24,25)12(18,19)20)10(21)23(22-4)8-6(13)2-5(3-7(8)14)11(15,16)17/h2-3H,21H2,1H3. The first kappa shape index (κ1) is 20.6. The molecule has 2 aromatic rings. The molecule has 1 heterocycles. The van der Waals surface area contributed by atoms with Crippen molar-refractivity contribution in [2.45, 2.75) is 23.5 Å². The fraction of sp³-hybridized carbons (Fsp3) is 0.250. The van der Waals surface area contributed by atoms with E-state index in [9.17, 15) is 34.8 Å². The van der Waals surface area contributed by atoms with Crippen molar-refractivity contribution in [3.63, 3.8) is 0 Å². The molecule has 0 aliphatic carbocycles. The number of nitrogens with two attached hydrogens (primary N) is 1. The molecule has 0 atom stereocenters. The van der Waals surface area contributed by atoms with Gasteiger partial charge in [0.2, 0.25) is 0 Å². The number of sulfone groups is 1. The summed E-state index contributed by atoms with van der Waals surface area (Å²) < 4.78 is 100. The molecule has 0 aliphatic heterocycles. The Bertz CT molecular complexity index is 959. The highest BCUT2D eigenvalue weighted by molar-refractivity contribution is 7.92. The fourth-order valence-electron chi connectivity index (χ4n) is 2.08. The lowest BCUT2D eigenvalue weighted by atomic mass is 10.2. The van der Waals surface area contributed by atoms with Gasteiger partial charge in [-0.2, -0.15) is 31.4 Å². The number of aryl methyl sites for hydroxylation is 1. The van der Waals surface area contributed by atoms with Gasteiger partial charge in [-0.1, -0.05) is 23.2 Å². The number of halogens is 8. The summed E-state index contributed by atoms with van der Waals surface area (Å²) in [6.45, 7) is 0.928. The van der Waals surface area contributed by atoms with Gasteiger partial charge in [-0.25, -0.2) is 13.1 Å². The largest absolute Gasteiger partial charge is 0.502 e. The van der Waals surface area contributed by atoms with E-state index in [0.717, 1.165) is 6.92 Å². The Morgan fingerprint density at radius 3 is 1.92 bits per heavy atom. The molecule has 1 aromatic carbocycles. The molecule has 0 spiro atoms. The molecule has 0 radical (unpaired) electrons. The van der Waals surface area contributed by atoms with Crippen LogP contribution in [0.4, 0.5) is 32.2 Å². The third-order valence-electron chi connectivity index (χ3n) is 3.17. The van der Waals surface area contributed by atoms with Gasteiger partial charge in [0.25, 0.3) is 9.84 Å². The molecule has 0 fully saturated rings. The average Bonchev–Trinajstić information content (AvgIpc) is 2.71. The first-order valence-electron chi connectivity index (χ1n) is 6.32. The van der Waals surface area contributed by atoms with Crippen molar-refractivity contribution in [3.8, 4) is 5.69 Å². The predicted octanol–water partition coefficient (Wildman–Crippen LogP) is 4.38. The minimum Gasteiger partial charge on any atom is -0.382 e. The van der Waals surface area contributed by atoms with Crippen LogP contribution in [0, 0.1) is 6.92 Å². The Hall–Kier alpha value is -1.66. The normalized spacial score (nSPS) is 13.3. The van der Waals surface area contributed by atoms with Crippen molar-refractivity contribution >= 4 is 38.9 Å². The number of hydrogen-bond acceptors (Lipinski definition) is 4. The van der Waals surface area contributed by atoms with Crippen LogP contribution in [0.5, 0.6) is 0 Å². The maximum Gasteiger partial charge on any atom is 0.502 e. The number of nitrogens with zero attached hydrogens (tertiary/aromatic N) is 2. The zero-order valence-corrected chi connectivity index (χ0v) is 14.7. The zero-order valence-electron chi connectivity index (χ0n) is 12.4. The Morgan fingerprint density at radius 2 is 1.54 bits per heavy atom. The third kappa shape index (κ3) is 3.32. The van der Waals surface area contributed by atoms with E-state index in [0.29, 0.717) is 16.8 Å². The van der Waals surface area contributed by atoms with Crippen LogP contribution in [0.15, 0.2) is 17.0 Å². The highest BCUT2D eigenvalue weighted by atomic mass is 35.5. The first-order chi connectivity index (χ1) is 11.6. The predicted molar refractivity (Wildman–Crippen MR) is 81.0 cm³/mol. The topological polar surface area (TPSA) is 78.0 Å². The minimum absolute atomic E-state index is 0.443. The zero-order chi connectivity index (χ0) is 20.2. The highest BCUT2D eigenvalue weighted by Gasteiger charge is 2.50. The van der Waals surface area contributed by atoms with E-state index in [1.807, 2.05) is 0 Å². The second-order valence-corrected chi connectivity index (χ2v) is 7.64. The summed E-state index contributed by atoms with van der Waals surface area (Å²) in [5.74, 6) is -0.997. The van der Waals surface area contributed by atoms with Gasteiger partial charge in [0.1, 0.15) is 16.4 Å². The molecule has 2 rings (SSSR count). The van der Waals surface area contributed by atoms with Crippen molar-refractivity contribution in [1.29, 1.82) is 0 Å². The molecule has 14 heteroatoms. The fourth-order valence-corrected chi connectivity index (χ4v) is 3.75. The molecule has 5 nitrogen and oxygen atoms in total. The van der Waals surface area contributed by atoms with Crippen molar-refractivity contribution in [2.24, 2.45) is 0 Å². The number of nitrogen functional groups attached to an aromatic ring is 1. The summed E-state index contributed by atoms with van der Waals surface area (Å²) in [5.41, 5.74) is -2.54. The summed E-state index contributed by atoms with van der Waals surface area (Å²) >= 11 is 11.5. The summed E-state index contributed by atoms with van der Waals surface area (Å²) in [5, 5.41) is 2.25. The van der Waals surface area contributed by atoms with Crippen LogP contribution in [0.3, 0.4) is 0 Å². The second kappa shape index (κ2) is 6.20. The van der Waals surface area contributed by atoms with E-state index < -0.39 is 59.2 Å². The van der Waals surface area contributed by atoms with Crippen molar-refractivity contribution in [3.05, 3.63) is 33.4 Å². The monoisotopic (exact) mass is 441 g/mol. The molecule has 0 unspecified atom stereocenters. The average molecular weight is 442 g/mol. The molecule has 0 aliphatic rings. The van der Waals surface area contributed by atoms with E-state index in [2.05, 4.69) is 5.10 Å². The lowest BCUT2D eigenvalue weighted by molar-refractivity contribution is -0.137. The molecular formula is C12H7Cl2F6N3O2S. The molecule has 0 bridgehead atoms. The van der Waals surface area contributed by atoms with E-state index in [4.69, 9.17) is 28.9 Å². The van der Waals surface area contributed by atoms with Gasteiger partial charge in [-0.15, -0.1) is 0 Å². The van der Waals surface area contributed by atoms with Gasteiger partial charge >= 0.3 is 11.7 Å². The van der Waals surface area contributed by atoms with Crippen LogP contribution in [0.25, 0.3) is 5.69 Å². The van der Waals surface area contributed by atoms with Crippen molar-refractivity contribution < 1.29 is 34.8 Å². The maximum absolute atomic E-state index is 12.8. The molecule has 144 valence electrons. The lowest BCUT2D eigenvalue weighted by Crippen LogP contribution is -2.24. The molecule has 26 heavy (non-hydrogen) atoms. The van der Waals surface area contributed by atoms with Crippen LogP contribution in [-0.4, -0.2) is 23.7 Å². The number of rotatable bonds is 2. The van der Waals surface area contributed by atoms with Crippen molar-refractivity contribution in [2.75, 3.05) is 5.73 Å². The van der Waals surface area contributed by atoms with Gasteiger partial charge in [-0.3, -0.25) is 0 Å². The Kier molecular flexibility index (Phi) is 4.93. The Balaban J connectivity index is 2.76. The van der Waals surface area contributed by atoms with E-state index >= 15 is 0 Å². The Labute approximate surface area is 152 Å². The smallest absolute Gasteiger partial charge is 0.382 e. The van der Waals surface area contributed by atoms with E-state index in [1.54, 1.807) is 0 Å². The third-order valence-corrected chi connectivity index (χ3v) is 5.40. The molecule has 0 saturated heterocycles. The minimum atomic E-state index is -5.86. The quantitative estimate of drug-likeness (QED) is 0.701. The molecule has 0 saturated carbocycles. The van der Waals surface area contributed by atoms with Crippen LogP contribution >= 0.6 is 23.2 Å². The number of benzene rings is 1. The Morgan fingerprint density at radius 1 is 1.08 bits per heavy atom. The van der Waals surface area contributed by atoms with Crippen LogP contribution in [0.2, 0.25) is 10.0 Å². The van der Waals surface area contributed by atoms with E-state index in [-0.39, 0.29) is 0 Å². The summed E-state index contributed by atoms with van der Waals surface area (Å²) in [6.07, 6.45) is -4.79. The van der Waals surface area contributed by atoms with Gasteiger partial charge < -0.3 is 5.73 Å². The first-order valence-corrected chi connectivity index (χ1v) is 8.56. The number of anilines is 1. The van der Waals surface area contributed by atoms with Gasteiger partial charge in [0, 0.05) is 0 Å². The summed E-state index contributed by atoms with van der Waals surface area (Å²) in [4.78, 5) is -1.34. The lowest BCUT2D eigenvalue weighted by Gasteiger charge is -2.13. The number of hydrogen-bond donors (Lipinski definition) is 1. The van der Waals surface area contributed by atoms with Gasteiger partial charge in [0.15, 0.2) is 0 Å². The summed E-state index contributed by atoms with van der Waals surface area (Å²) in [7, 11) is -5.86. The van der Waals surface area contributed by atoms with Crippen LogP contribution < -0.4 is 5.73 Å². The highest BCUT2D eigenvalue weighted by Crippen LogP contribution is 2.41. The van der Waals surface area contributed by atoms with Crippen LogP contribution in [0.1, 0.15) is 11.3 Å². The molecule has 1 aromatic heterocycles. The molecule has 2 N–H and O–H groups in total. The molecular weight excluding hydrogens is 435 g/mol. The van der Waals surface area contributed by atoms with Gasteiger partial charge in [-0.05, 0) is 19.1 Å². The molecule has 0 amide bonds. The van der Waals surface area contributed by atoms with E-state index in [1.165, 1.54) is 0 Å². The second-order valence-electron chi connectivity index (χ2n) is 4.95. The van der Waals surface area contributed by atoms with Crippen molar-refractivity contribution in [1.82, 2.24) is 9.78 Å². The van der Waals surface area contributed by atoms with Gasteiger partial charge in [0.05, 0.1) is 21.3 Å². The number of aromatic nitrogens is 2.